The molecule has 0 aromatic heterocycles. The number of rotatable bonds is 16. The summed E-state index contributed by atoms with van der Waals surface area (Å²) in [7, 11) is 1.34. The number of anilines is 1. The molecule has 4 aromatic rings. The maximum Gasteiger partial charge on any atom is 0.328 e. The third-order valence-corrected chi connectivity index (χ3v) is 6.86. The van der Waals surface area contributed by atoms with E-state index in [4.69, 9.17) is 9.47 Å². The first-order valence-electron chi connectivity index (χ1n) is 14.2. The molecule has 222 valence electrons. The van der Waals surface area contributed by atoms with Crippen molar-refractivity contribution in [2.45, 2.75) is 25.3 Å². The van der Waals surface area contributed by atoms with Gasteiger partial charge in [0.05, 0.1) is 19.3 Å². The maximum atomic E-state index is 13.7. The van der Waals surface area contributed by atoms with Gasteiger partial charge in [-0.05, 0) is 54.9 Å². The summed E-state index contributed by atoms with van der Waals surface area (Å²) in [4.78, 5) is 37.9. The van der Waals surface area contributed by atoms with Gasteiger partial charge in [-0.3, -0.25) is 9.59 Å². The van der Waals surface area contributed by atoms with E-state index in [1.807, 2.05) is 48.5 Å². The van der Waals surface area contributed by atoms with E-state index in [0.29, 0.717) is 48.7 Å². The van der Waals surface area contributed by atoms with Crippen molar-refractivity contribution in [2.24, 2.45) is 0 Å². The van der Waals surface area contributed by atoms with Crippen LogP contribution in [0, 0.1) is 5.82 Å². The second-order valence-corrected chi connectivity index (χ2v) is 9.91. The summed E-state index contributed by atoms with van der Waals surface area (Å²) in [5.41, 5.74) is 2.60. The van der Waals surface area contributed by atoms with Gasteiger partial charge in [-0.15, -0.1) is 0 Å². The van der Waals surface area contributed by atoms with Crippen LogP contribution in [-0.2, 0) is 16.0 Å². The number of Topliss-reactive ketones (excluding diaryl/α,β-unsaturated/α-hetero) is 1. The Morgan fingerprint density at radius 1 is 0.791 bits per heavy atom. The molecule has 0 aliphatic carbocycles. The number of benzene rings is 4. The van der Waals surface area contributed by atoms with Crippen LogP contribution in [0.3, 0.4) is 0 Å². The Balaban J connectivity index is 1.25. The lowest BCUT2D eigenvalue weighted by molar-refractivity contribution is -0.141. The van der Waals surface area contributed by atoms with E-state index in [2.05, 4.69) is 10.6 Å². The van der Waals surface area contributed by atoms with Gasteiger partial charge in [-0.25, -0.2) is 9.18 Å². The number of nitrogens with one attached hydrogen (secondary N) is 2. The number of halogens is 1. The van der Waals surface area contributed by atoms with Crippen molar-refractivity contribution in [3.8, 4) is 5.75 Å². The van der Waals surface area contributed by atoms with Crippen molar-refractivity contribution in [3.05, 3.63) is 131 Å². The Kier molecular flexibility index (Phi) is 11.6. The maximum absolute atomic E-state index is 13.7. The largest absolute Gasteiger partial charge is 0.494 e. The highest BCUT2D eigenvalue weighted by molar-refractivity contribution is 6.12. The van der Waals surface area contributed by atoms with Crippen LogP contribution in [-0.4, -0.2) is 50.4 Å². The number of hydrogen-bond donors (Lipinski definition) is 2. The number of hydrogen-bond acceptors (Lipinski definition) is 7. The van der Waals surface area contributed by atoms with E-state index < -0.39 is 17.8 Å². The zero-order valence-corrected chi connectivity index (χ0v) is 24.1. The molecule has 43 heavy (non-hydrogen) atoms. The Labute approximate surface area is 251 Å². The van der Waals surface area contributed by atoms with Crippen molar-refractivity contribution >= 4 is 23.2 Å². The molecule has 0 aliphatic heterocycles. The molecule has 1 unspecified atom stereocenters. The molecule has 1 atom stereocenters. The van der Waals surface area contributed by atoms with Gasteiger partial charge >= 0.3 is 5.97 Å². The molecule has 2 N–H and O–H groups in total. The van der Waals surface area contributed by atoms with Crippen LogP contribution in [0.5, 0.6) is 5.75 Å². The minimum atomic E-state index is -0.710. The molecule has 0 fully saturated rings. The molecular weight excluding hydrogens is 547 g/mol. The highest BCUT2D eigenvalue weighted by Gasteiger charge is 2.22. The summed E-state index contributed by atoms with van der Waals surface area (Å²) in [5.74, 6) is -0.605. The van der Waals surface area contributed by atoms with Crippen molar-refractivity contribution in [1.82, 2.24) is 5.32 Å². The summed E-state index contributed by atoms with van der Waals surface area (Å²) < 4.78 is 24.6. The van der Waals surface area contributed by atoms with Crippen LogP contribution in [0.4, 0.5) is 10.1 Å². The molecule has 0 amide bonds. The number of methoxy groups -OCH3 is 1. The average molecular weight is 583 g/mol. The Morgan fingerprint density at radius 3 is 2.19 bits per heavy atom. The zero-order chi connectivity index (χ0) is 30.4. The Bertz CT molecular complexity index is 1510. The van der Waals surface area contributed by atoms with Crippen molar-refractivity contribution in [3.63, 3.8) is 0 Å². The highest BCUT2D eigenvalue weighted by atomic mass is 19.1. The first-order chi connectivity index (χ1) is 21.0. The lowest BCUT2D eigenvalue weighted by atomic mass is 10.00. The van der Waals surface area contributed by atoms with Gasteiger partial charge in [-0.2, -0.15) is 0 Å². The summed E-state index contributed by atoms with van der Waals surface area (Å²) in [5, 5.41) is 6.40. The molecule has 0 radical (unpaired) electrons. The molecule has 4 aromatic carbocycles. The molecule has 0 spiro atoms. The summed E-state index contributed by atoms with van der Waals surface area (Å²) in [6, 6.07) is 28.9. The third-order valence-electron chi connectivity index (χ3n) is 6.86. The van der Waals surface area contributed by atoms with Gasteiger partial charge < -0.3 is 20.1 Å². The number of carbonyl (C=O) groups is 3. The van der Waals surface area contributed by atoms with Crippen LogP contribution >= 0.6 is 0 Å². The van der Waals surface area contributed by atoms with Gasteiger partial charge in [-0.1, -0.05) is 66.7 Å². The van der Waals surface area contributed by atoms with E-state index in [1.165, 1.54) is 19.2 Å². The standard InChI is InChI=1S/C35H35FN2O5/c1-42-35(41)32(38-31-15-8-6-13-29(31)34(40)26-10-3-2-4-11-26)24-25-16-18-27(19-17-25)43-23-9-21-37-22-20-33(39)28-12-5-7-14-30(28)36/h2-8,10-19,32,37-38H,9,20-24H2,1H3. The fourth-order valence-corrected chi connectivity index (χ4v) is 4.57. The molecule has 7 nitrogen and oxygen atoms in total. The van der Waals surface area contributed by atoms with E-state index in [0.717, 1.165) is 12.0 Å². The second kappa shape index (κ2) is 16.0. The van der Waals surface area contributed by atoms with E-state index in [9.17, 15) is 18.8 Å². The van der Waals surface area contributed by atoms with Crippen molar-refractivity contribution in [1.29, 1.82) is 0 Å². The topological polar surface area (TPSA) is 93.7 Å². The number of carbonyl (C=O) groups excluding carboxylic acids is 3. The predicted octanol–water partition coefficient (Wildman–Crippen LogP) is 5.88. The lowest BCUT2D eigenvalue weighted by Gasteiger charge is -2.20. The summed E-state index contributed by atoms with van der Waals surface area (Å²) >= 11 is 0. The normalized spacial score (nSPS) is 11.4. The molecule has 4 rings (SSSR count). The minimum absolute atomic E-state index is 0.118. The quantitative estimate of drug-likeness (QED) is 0.0968. The Hall–Kier alpha value is -4.82. The molecular formula is C35H35FN2O5. The molecule has 0 aliphatic rings. The van der Waals surface area contributed by atoms with Gasteiger partial charge in [0.15, 0.2) is 11.6 Å². The molecule has 8 heteroatoms. The number of ether oxygens (including phenoxy) is 2. The molecule has 0 saturated carbocycles. The van der Waals surface area contributed by atoms with Crippen molar-refractivity contribution in [2.75, 3.05) is 32.1 Å². The minimum Gasteiger partial charge on any atom is -0.494 e. The highest BCUT2D eigenvalue weighted by Crippen LogP contribution is 2.22. The SMILES string of the molecule is COC(=O)C(Cc1ccc(OCCCNCCC(=O)c2ccccc2F)cc1)Nc1ccccc1C(=O)c1ccccc1. The average Bonchev–Trinajstić information content (AvgIpc) is 3.04. The first kappa shape index (κ1) is 31.1. The van der Waals surface area contributed by atoms with Crippen LogP contribution in [0.15, 0.2) is 103 Å². The monoisotopic (exact) mass is 582 g/mol. The van der Waals surface area contributed by atoms with Crippen LogP contribution in [0.25, 0.3) is 0 Å². The van der Waals surface area contributed by atoms with Crippen LogP contribution in [0.1, 0.15) is 44.7 Å². The van der Waals surface area contributed by atoms with Gasteiger partial charge in [0.25, 0.3) is 0 Å². The Morgan fingerprint density at radius 2 is 1.47 bits per heavy atom. The van der Waals surface area contributed by atoms with E-state index >= 15 is 0 Å². The van der Waals surface area contributed by atoms with Gasteiger partial charge in [0.1, 0.15) is 17.6 Å². The smallest absolute Gasteiger partial charge is 0.328 e. The molecule has 0 heterocycles. The summed E-state index contributed by atoms with van der Waals surface area (Å²) in [6.07, 6.45) is 1.29. The molecule has 0 saturated heterocycles. The number of para-hydroxylation sites is 1. The van der Waals surface area contributed by atoms with Crippen LogP contribution in [0.2, 0.25) is 0 Å². The van der Waals surface area contributed by atoms with Crippen LogP contribution < -0.4 is 15.4 Å². The lowest BCUT2D eigenvalue weighted by Crippen LogP contribution is -2.33. The second-order valence-electron chi connectivity index (χ2n) is 9.91. The third kappa shape index (κ3) is 9.08. The summed E-state index contributed by atoms with van der Waals surface area (Å²) in [6.45, 7) is 1.59. The fourth-order valence-electron chi connectivity index (χ4n) is 4.57. The first-order valence-corrected chi connectivity index (χ1v) is 14.2. The number of esters is 1. The van der Waals surface area contributed by atoms with Crippen molar-refractivity contribution < 1.29 is 28.2 Å². The fraction of sp³-hybridized carbons (Fsp3) is 0.229. The van der Waals surface area contributed by atoms with Gasteiger partial charge in [0, 0.05) is 36.2 Å². The zero-order valence-electron chi connectivity index (χ0n) is 24.1. The van der Waals surface area contributed by atoms with E-state index in [-0.39, 0.29) is 23.6 Å². The molecule has 0 bridgehead atoms. The van der Waals surface area contributed by atoms with E-state index in [1.54, 1.807) is 42.5 Å². The van der Waals surface area contributed by atoms with Gasteiger partial charge in [0.2, 0.25) is 0 Å². The predicted molar refractivity (Wildman–Crippen MR) is 164 cm³/mol. The number of ketones is 2.